The van der Waals surface area contributed by atoms with Gasteiger partial charge in [-0.2, -0.15) is 0 Å². The fraction of sp³-hybridized carbons (Fsp3) is 0.615. The molecule has 1 saturated carbocycles. The largest absolute Gasteiger partial charge is 0.396 e. The molecule has 1 fully saturated rings. The van der Waals surface area contributed by atoms with Gasteiger partial charge in [0, 0.05) is 12.2 Å². The van der Waals surface area contributed by atoms with Gasteiger partial charge in [0.1, 0.15) is 5.82 Å². The molecule has 1 aromatic heterocycles. The highest BCUT2D eigenvalue weighted by molar-refractivity contribution is 5.61. The summed E-state index contributed by atoms with van der Waals surface area (Å²) in [5.41, 5.74) is 7.49. The molecule has 0 aliphatic heterocycles. The summed E-state index contributed by atoms with van der Waals surface area (Å²) in [7, 11) is 0. The lowest BCUT2D eigenvalue weighted by atomic mass is 10.3. The normalized spacial score (nSPS) is 16.3. The second-order valence-electron chi connectivity index (χ2n) is 4.59. The van der Waals surface area contributed by atoms with E-state index in [1.54, 1.807) is 0 Å². The molecule has 0 radical (unpaired) electrons. The van der Waals surface area contributed by atoms with Gasteiger partial charge in [-0.1, -0.05) is 12.8 Å². The van der Waals surface area contributed by atoms with Gasteiger partial charge in [-0.3, -0.25) is 0 Å². The third-order valence-electron chi connectivity index (χ3n) is 3.12. The molecule has 1 aliphatic carbocycles. The Balaban J connectivity index is 1.72. The molecule has 1 aliphatic rings. The van der Waals surface area contributed by atoms with Crippen LogP contribution in [0.1, 0.15) is 31.4 Å². The number of aryl methyl sites for hydroxylation is 1. The number of pyridine rings is 1. The van der Waals surface area contributed by atoms with Crippen LogP contribution in [0.15, 0.2) is 12.1 Å². The van der Waals surface area contributed by atoms with E-state index in [1.807, 2.05) is 19.1 Å². The number of rotatable bonds is 5. The number of nitrogens with zero attached hydrogens (tertiary/aromatic N) is 1. The summed E-state index contributed by atoms with van der Waals surface area (Å²) < 4.78 is 5.76. The van der Waals surface area contributed by atoms with E-state index in [4.69, 9.17) is 10.5 Å². The van der Waals surface area contributed by atoms with E-state index in [-0.39, 0.29) is 0 Å². The Morgan fingerprint density at radius 1 is 1.41 bits per heavy atom. The maximum Gasteiger partial charge on any atom is 0.149 e. The van der Waals surface area contributed by atoms with E-state index in [9.17, 15) is 0 Å². The molecule has 0 unspecified atom stereocenters. The first-order valence-electron chi connectivity index (χ1n) is 6.34. The van der Waals surface area contributed by atoms with Crippen molar-refractivity contribution in [3.63, 3.8) is 0 Å². The quantitative estimate of drug-likeness (QED) is 0.769. The second kappa shape index (κ2) is 5.87. The molecule has 2 rings (SSSR count). The highest BCUT2D eigenvalue weighted by atomic mass is 16.5. The van der Waals surface area contributed by atoms with Gasteiger partial charge in [-0.25, -0.2) is 4.98 Å². The highest BCUT2D eigenvalue weighted by Crippen LogP contribution is 2.20. The van der Waals surface area contributed by atoms with Crippen LogP contribution >= 0.6 is 0 Å². The number of nitrogens with one attached hydrogen (secondary N) is 1. The average molecular weight is 235 g/mol. The van der Waals surface area contributed by atoms with Crippen LogP contribution < -0.4 is 11.1 Å². The Labute approximate surface area is 103 Å². The van der Waals surface area contributed by atoms with Gasteiger partial charge >= 0.3 is 0 Å². The van der Waals surface area contributed by atoms with E-state index in [0.717, 1.165) is 24.7 Å². The van der Waals surface area contributed by atoms with Crippen molar-refractivity contribution in [1.82, 2.24) is 4.98 Å². The van der Waals surface area contributed by atoms with E-state index >= 15 is 0 Å². The standard InChI is InChI=1S/C13H21N3O/c1-10-6-7-12(14)13(16-10)15-8-9-17-11-4-2-3-5-11/h6-7,11H,2-5,8-9,14H2,1H3,(H,15,16). The zero-order valence-corrected chi connectivity index (χ0v) is 10.4. The van der Waals surface area contributed by atoms with Gasteiger partial charge in [0.25, 0.3) is 0 Å². The molecule has 4 nitrogen and oxygen atoms in total. The summed E-state index contributed by atoms with van der Waals surface area (Å²) in [4.78, 5) is 4.35. The van der Waals surface area contributed by atoms with Gasteiger partial charge in [0.2, 0.25) is 0 Å². The topological polar surface area (TPSA) is 60.2 Å². The van der Waals surface area contributed by atoms with Gasteiger partial charge in [0.05, 0.1) is 18.4 Å². The molecule has 0 atom stereocenters. The van der Waals surface area contributed by atoms with Crippen molar-refractivity contribution < 1.29 is 4.74 Å². The van der Waals surface area contributed by atoms with Crippen molar-refractivity contribution in [2.45, 2.75) is 38.7 Å². The predicted molar refractivity (Wildman–Crippen MR) is 70.1 cm³/mol. The molecule has 0 spiro atoms. The van der Waals surface area contributed by atoms with Crippen molar-refractivity contribution in [3.05, 3.63) is 17.8 Å². The summed E-state index contributed by atoms with van der Waals surface area (Å²) in [5, 5.41) is 3.22. The Morgan fingerprint density at radius 3 is 2.94 bits per heavy atom. The molecule has 0 amide bonds. The van der Waals surface area contributed by atoms with Crippen LogP contribution in [-0.2, 0) is 4.74 Å². The first-order valence-corrected chi connectivity index (χ1v) is 6.34. The summed E-state index contributed by atoms with van der Waals surface area (Å²) in [5.74, 6) is 0.764. The van der Waals surface area contributed by atoms with Gasteiger partial charge in [-0.05, 0) is 31.9 Å². The van der Waals surface area contributed by atoms with Crippen LogP contribution in [0.5, 0.6) is 0 Å². The summed E-state index contributed by atoms with van der Waals surface area (Å²) in [6.45, 7) is 3.44. The molecular formula is C13H21N3O. The predicted octanol–water partition coefficient (Wildman–Crippen LogP) is 2.34. The first-order chi connectivity index (χ1) is 8.25. The fourth-order valence-corrected chi connectivity index (χ4v) is 2.16. The fourth-order valence-electron chi connectivity index (χ4n) is 2.16. The average Bonchev–Trinajstić information content (AvgIpc) is 2.82. The lowest BCUT2D eigenvalue weighted by molar-refractivity contribution is 0.0659. The van der Waals surface area contributed by atoms with Crippen molar-refractivity contribution in [2.24, 2.45) is 0 Å². The molecule has 0 bridgehead atoms. The number of ether oxygens (including phenoxy) is 1. The zero-order chi connectivity index (χ0) is 12.1. The number of anilines is 2. The molecule has 0 saturated heterocycles. The summed E-state index contributed by atoms with van der Waals surface area (Å²) in [6, 6.07) is 3.79. The lowest BCUT2D eigenvalue weighted by Crippen LogP contribution is -2.16. The van der Waals surface area contributed by atoms with Crippen LogP contribution in [0.25, 0.3) is 0 Å². The molecular weight excluding hydrogens is 214 g/mol. The minimum absolute atomic E-state index is 0.472. The second-order valence-corrected chi connectivity index (χ2v) is 4.59. The zero-order valence-electron chi connectivity index (χ0n) is 10.4. The molecule has 17 heavy (non-hydrogen) atoms. The van der Waals surface area contributed by atoms with Gasteiger partial charge in [-0.15, -0.1) is 0 Å². The summed E-state index contributed by atoms with van der Waals surface area (Å²) >= 11 is 0. The van der Waals surface area contributed by atoms with Crippen LogP contribution in [0.2, 0.25) is 0 Å². The van der Waals surface area contributed by atoms with E-state index in [2.05, 4.69) is 10.3 Å². The van der Waals surface area contributed by atoms with Crippen LogP contribution in [0.3, 0.4) is 0 Å². The van der Waals surface area contributed by atoms with Crippen molar-refractivity contribution >= 4 is 11.5 Å². The summed E-state index contributed by atoms with van der Waals surface area (Å²) in [6.07, 6.45) is 5.52. The van der Waals surface area contributed by atoms with Crippen LogP contribution in [0, 0.1) is 6.92 Å². The molecule has 4 heteroatoms. The van der Waals surface area contributed by atoms with Crippen LogP contribution in [0.4, 0.5) is 11.5 Å². The smallest absolute Gasteiger partial charge is 0.149 e. The van der Waals surface area contributed by atoms with E-state index < -0.39 is 0 Å². The Hall–Kier alpha value is -1.29. The lowest BCUT2D eigenvalue weighted by Gasteiger charge is -2.12. The number of nitrogen functional groups attached to an aromatic ring is 1. The molecule has 94 valence electrons. The van der Waals surface area contributed by atoms with Gasteiger partial charge in [0.15, 0.2) is 0 Å². The van der Waals surface area contributed by atoms with Gasteiger partial charge < -0.3 is 15.8 Å². The Bertz CT molecular complexity index is 362. The third-order valence-corrected chi connectivity index (χ3v) is 3.12. The maximum absolute atomic E-state index is 5.83. The molecule has 1 aromatic rings. The van der Waals surface area contributed by atoms with E-state index in [0.29, 0.717) is 11.8 Å². The third kappa shape index (κ3) is 3.60. The van der Waals surface area contributed by atoms with Crippen molar-refractivity contribution in [2.75, 3.05) is 24.2 Å². The number of nitrogens with two attached hydrogens (primary N) is 1. The highest BCUT2D eigenvalue weighted by Gasteiger charge is 2.14. The number of aromatic nitrogens is 1. The molecule has 0 aromatic carbocycles. The molecule has 3 N–H and O–H groups in total. The Kier molecular flexibility index (Phi) is 4.20. The Morgan fingerprint density at radius 2 is 2.18 bits per heavy atom. The number of hydrogen-bond acceptors (Lipinski definition) is 4. The SMILES string of the molecule is Cc1ccc(N)c(NCCOC2CCCC2)n1. The molecule has 1 heterocycles. The van der Waals surface area contributed by atoms with Crippen molar-refractivity contribution in [3.8, 4) is 0 Å². The van der Waals surface area contributed by atoms with Crippen LogP contribution in [-0.4, -0.2) is 24.2 Å². The monoisotopic (exact) mass is 235 g/mol. The first kappa shape index (κ1) is 12.2. The number of hydrogen-bond donors (Lipinski definition) is 2. The minimum Gasteiger partial charge on any atom is -0.396 e. The maximum atomic E-state index is 5.83. The van der Waals surface area contributed by atoms with E-state index in [1.165, 1.54) is 25.7 Å². The van der Waals surface area contributed by atoms with Crippen molar-refractivity contribution in [1.29, 1.82) is 0 Å². The minimum atomic E-state index is 0.472.